The quantitative estimate of drug-likeness (QED) is 0.403. The van der Waals surface area contributed by atoms with Crippen molar-refractivity contribution in [3.8, 4) is 0 Å². The molecular weight excluding hydrogens is 408 g/mol. The van der Waals surface area contributed by atoms with Crippen LogP contribution < -0.4 is 24.8 Å². The van der Waals surface area contributed by atoms with Gasteiger partial charge in [-0.15, -0.1) is 21.8 Å². The molecule has 6 heteroatoms. The van der Waals surface area contributed by atoms with Gasteiger partial charge < -0.3 is 29.4 Å². The van der Waals surface area contributed by atoms with E-state index in [1.165, 1.54) is 16.7 Å². The maximum absolute atomic E-state index is 3.80. The first kappa shape index (κ1) is 21.9. The van der Waals surface area contributed by atoms with Crippen molar-refractivity contribution >= 4 is 6.08 Å². The van der Waals surface area contributed by atoms with Crippen molar-refractivity contribution in [2.24, 2.45) is 0 Å². The summed E-state index contributed by atoms with van der Waals surface area (Å²) in [5.41, 5.74) is 3.83. The molecule has 0 radical (unpaired) electrons. The molecule has 1 heterocycles. The number of hydrogen-bond donors (Lipinski definition) is 0. The van der Waals surface area contributed by atoms with E-state index < -0.39 is 0 Å². The summed E-state index contributed by atoms with van der Waals surface area (Å²) in [5, 5.41) is 7.60. The average molecular weight is 423 g/mol. The van der Waals surface area contributed by atoms with E-state index in [2.05, 4.69) is 47.5 Å². The summed E-state index contributed by atoms with van der Waals surface area (Å²) >= 11 is 0. The van der Waals surface area contributed by atoms with Crippen LogP contribution in [0.3, 0.4) is 0 Å². The average Bonchev–Trinajstić information content (AvgIpc) is 3.19. The van der Waals surface area contributed by atoms with E-state index in [0.29, 0.717) is 0 Å². The molecule has 116 valence electrons. The number of allylic oxidation sites excluding steroid dienone is 1. The summed E-state index contributed by atoms with van der Waals surface area (Å²) in [7, 11) is 0. The summed E-state index contributed by atoms with van der Waals surface area (Å²) in [4.78, 5) is 0. The molecule has 3 nitrogen and oxygen atoms in total. The van der Waals surface area contributed by atoms with Gasteiger partial charge in [0.25, 0.3) is 0 Å². The van der Waals surface area contributed by atoms with Gasteiger partial charge in [-0.25, -0.2) is 24.3 Å². The molecule has 1 atom stereocenters. The predicted molar refractivity (Wildman–Crippen MR) is 79.1 cm³/mol. The van der Waals surface area contributed by atoms with Crippen LogP contribution in [-0.4, -0.2) is 14.8 Å². The van der Waals surface area contributed by atoms with Crippen molar-refractivity contribution in [2.45, 2.75) is 13.0 Å². The number of benzene rings is 1. The fourth-order valence-electron chi connectivity index (χ4n) is 2.21. The topological polar surface area (TPSA) is 30.7 Å². The number of halogens is 2. The first-order valence-electron chi connectivity index (χ1n) is 6.55. The molecular formula is C17H15Cl2N3Zr. The van der Waals surface area contributed by atoms with Crippen molar-refractivity contribution in [2.75, 3.05) is 0 Å². The van der Waals surface area contributed by atoms with Gasteiger partial charge in [-0.05, 0) is 6.04 Å². The minimum Gasteiger partial charge on any atom is -1.00 e. The number of aryl methyl sites for hydroxylation is 1. The zero-order valence-corrected chi connectivity index (χ0v) is 16.5. The van der Waals surface area contributed by atoms with Crippen molar-refractivity contribution in [1.29, 1.82) is 0 Å². The van der Waals surface area contributed by atoms with E-state index in [0.717, 1.165) is 0 Å². The van der Waals surface area contributed by atoms with Gasteiger partial charge in [0, 0.05) is 0 Å². The molecule has 1 aromatic heterocycles. The molecule has 0 spiro atoms. The molecule has 0 bridgehead atoms. The van der Waals surface area contributed by atoms with Crippen LogP contribution in [-0.2, 0) is 26.2 Å². The monoisotopic (exact) mass is 421 g/mol. The predicted octanol–water partition coefficient (Wildman–Crippen LogP) is -2.58. The van der Waals surface area contributed by atoms with Gasteiger partial charge >= 0.3 is 26.2 Å². The summed E-state index contributed by atoms with van der Waals surface area (Å²) in [5.74, 6) is 0. The van der Waals surface area contributed by atoms with E-state index in [1.54, 1.807) is 12.7 Å². The van der Waals surface area contributed by atoms with E-state index in [9.17, 15) is 0 Å². The molecule has 4 rings (SSSR count). The van der Waals surface area contributed by atoms with Crippen LogP contribution in [0.25, 0.3) is 6.08 Å². The number of rotatable bonds is 1. The molecule has 0 amide bonds. The molecule has 0 aliphatic heterocycles. The third-order valence-corrected chi connectivity index (χ3v) is 3.25. The van der Waals surface area contributed by atoms with E-state index in [4.69, 9.17) is 0 Å². The zero-order chi connectivity index (χ0) is 13.8. The molecule has 2 aromatic carbocycles. The van der Waals surface area contributed by atoms with Gasteiger partial charge in [0.05, 0.1) is 0 Å². The molecule has 1 aliphatic rings. The van der Waals surface area contributed by atoms with Gasteiger partial charge in [0.15, 0.2) is 0 Å². The Labute approximate surface area is 168 Å². The van der Waals surface area contributed by atoms with Gasteiger partial charge in [-0.2, -0.15) is 23.3 Å². The van der Waals surface area contributed by atoms with Gasteiger partial charge in [0.1, 0.15) is 12.7 Å². The smallest absolute Gasteiger partial charge is 1.00 e. The second-order valence-corrected chi connectivity index (χ2v) is 4.71. The van der Waals surface area contributed by atoms with Crippen LogP contribution in [0, 0.1) is 13.0 Å². The van der Waals surface area contributed by atoms with Gasteiger partial charge in [-0.1, -0.05) is 25.1 Å². The van der Waals surface area contributed by atoms with Crippen LogP contribution >= 0.6 is 0 Å². The Morgan fingerprint density at radius 1 is 1.00 bits per heavy atom. The summed E-state index contributed by atoms with van der Waals surface area (Å²) in [6, 6.07) is 16.7. The Balaban J connectivity index is 0.000000469. The summed E-state index contributed by atoms with van der Waals surface area (Å²) in [6.45, 7) is 2.08. The minimum atomic E-state index is 0. The van der Waals surface area contributed by atoms with Gasteiger partial charge in [-0.3, -0.25) is 0 Å². The maximum Gasteiger partial charge on any atom is 4.00 e. The number of aromatic nitrogens is 3. The van der Waals surface area contributed by atoms with E-state index in [1.807, 2.05) is 34.9 Å². The van der Waals surface area contributed by atoms with Crippen LogP contribution in [0.1, 0.15) is 22.7 Å². The fourth-order valence-corrected chi connectivity index (χ4v) is 2.21. The number of fused-ring (bicyclic) bond motifs is 1. The normalized spacial score (nSPS) is 13.5. The van der Waals surface area contributed by atoms with E-state index >= 15 is 0 Å². The Morgan fingerprint density at radius 3 is 2.17 bits per heavy atom. The molecule has 23 heavy (non-hydrogen) atoms. The minimum absolute atomic E-state index is 0. The van der Waals surface area contributed by atoms with Crippen molar-refractivity contribution in [3.05, 3.63) is 84.0 Å². The number of nitrogens with zero attached hydrogens (tertiary/aromatic N) is 3. The van der Waals surface area contributed by atoms with E-state index in [-0.39, 0.29) is 57.1 Å². The molecule has 1 aliphatic carbocycles. The van der Waals surface area contributed by atoms with Crippen molar-refractivity contribution in [1.82, 2.24) is 14.8 Å². The molecule has 0 fully saturated rings. The van der Waals surface area contributed by atoms with Crippen LogP contribution in [0.4, 0.5) is 0 Å². The first-order chi connectivity index (χ1) is 9.84. The summed E-state index contributed by atoms with van der Waals surface area (Å²) in [6.07, 6.45) is 8.73. The van der Waals surface area contributed by atoms with Crippen LogP contribution in [0.2, 0.25) is 0 Å². The van der Waals surface area contributed by atoms with Crippen molar-refractivity contribution < 1.29 is 51.0 Å². The Hall–Kier alpha value is -1.09. The Bertz CT molecular complexity index is 694. The largest absolute Gasteiger partial charge is 4.00 e. The Morgan fingerprint density at radius 2 is 1.61 bits per heavy atom. The molecule has 1 unspecified atom stereocenters. The molecule has 0 saturated carbocycles. The fraction of sp³-hybridized carbons (Fsp3) is 0.118. The molecule has 0 saturated heterocycles. The van der Waals surface area contributed by atoms with Gasteiger partial charge in [0.2, 0.25) is 0 Å². The van der Waals surface area contributed by atoms with Crippen LogP contribution in [0.15, 0.2) is 61.2 Å². The molecule has 3 aromatic rings. The second-order valence-electron chi connectivity index (χ2n) is 4.71. The van der Waals surface area contributed by atoms with Crippen LogP contribution in [0.5, 0.6) is 0 Å². The summed E-state index contributed by atoms with van der Waals surface area (Å²) < 4.78 is 1.95. The van der Waals surface area contributed by atoms with Crippen molar-refractivity contribution in [3.63, 3.8) is 0 Å². The standard InChI is InChI=1S/C11H8N3.C6H7.2ClH.Zr/c1-2-4-10-9(3-1)5-6-11(10)14-7-12-13-8-14;1-6-4-2-3-5-6;;;/h1-5,7-8,11H;2-5H,1H3;2*1H;/q2*-1;;;+4/p-2. The second kappa shape index (κ2) is 10.6. The molecule has 0 N–H and O–H groups in total. The maximum atomic E-state index is 3.80. The third-order valence-electron chi connectivity index (χ3n) is 3.25. The SMILES string of the molecule is C[c-]1cccc1.[C-]1=Cc2ccccc2C1n1cnnc1.[Cl-].[Cl-].[Zr+4]. The number of hydrogen-bond acceptors (Lipinski definition) is 2. The zero-order valence-electron chi connectivity index (χ0n) is 12.5. The first-order valence-corrected chi connectivity index (χ1v) is 6.55. The third kappa shape index (κ3) is 5.49. The Kier molecular flexibility index (Phi) is 10.1.